The molecule has 0 bridgehead atoms. The molecule has 0 atom stereocenters. The molecule has 0 unspecified atom stereocenters. The van der Waals surface area contributed by atoms with Gasteiger partial charge in [-0.3, -0.25) is 0 Å². The van der Waals surface area contributed by atoms with E-state index in [-0.39, 0.29) is 0 Å². The van der Waals surface area contributed by atoms with E-state index in [2.05, 4.69) is 0 Å². The van der Waals surface area contributed by atoms with Crippen LogP contribution in [0.1, 0.15) is 21.7 Å². The quantitative estimate of drug-likeness (QED) is 0.840. The van der Waals surface area contributed by atoms with Crippen molar-refractivity contribution in [1.29, 1.82) is 0 Å². The first-order valence-electron chi connectivity index (χ1n) is 5.16. The van der Waals surface area contributed by atoms with Gasteiger partial charge in [-0.25, -0.2) is 4.79 Å². The Morgan fingerprint density at radius 2 is 2.24 bits per heavy atom. The molecule has 2 rings (SSSR count). The van der Waals surface area contributed by atoms with Gasteiger partial charge in [-0.15, -0.1) is 11.8 Å². The molecule has 1 heterocycles. The third-order valence-corrected chi connectivity index (χ3v) is 3.59. The van der Waals surface area contributed by atoms with E-state index in [4.69, 9.17) is 9.52 Å². The first-order chi connectivity index (χ1) is 8.16. The molecule has 88 valence electrons. The van der Waals surface area contributed by atoms with E-state index in [1.54, 1.807) is 36.2 Å². The SMILES string of the molecule is Cc1occc1SCc1cccc(C(=O)O)c1. The lowest BCUT2D eigenvalue weighted by atomic mass is 10.1. The van der Waals surface area contributed by atoms with Gasteiger partial charge in [0.15, 0.2) is 0 Å². The third-order valence-electron chi connectivity index (χ3n) is 2.38. The minimum atomic E-state index is -0.892. The molecule has 1 aromatic heterocycles. The van der Waals surface area contributed by atoms with Crippen molar-refractivity contribution in [2.75, 3.05) is 0 Å². The lowest BCUT2D eigenvalue weighted by molar-refractivity contribution is 0.0697. The summed E-state index contributed by atoms with van der Waals surface area (Å²) in [4.78, 5) is 11.9. The minimum absolute atomic E-state index is 0.326. The van der Waals surface area contributed by atoms with Crippen LogP contribution in [0.4, 0.5) is 0 Å². The number of benzene rings is 1. The molecule has 1 N–H and O–H groups in total. The van der Waals surface area contributed by atoms with E-state index in [1.165, 1.54) is 0 Å². The normalized spacial score (nSPS) is 10.4. The average molecular weight is 248 g/mol. The van der Waals surface area contributed by atoms with Gasteiger partial charge in [0.05, 0.1) is 11.8 Å². The summed E-state index contributed by atoms with van der Waals surface area (Å²) in [5.74, 6) is 0.738. The highest BCUT2D eigenvalue weighted by Crippen LogP contribution is 2.26. The van der Waals surface area contributed by atoms with Crippen molar-refractivity contribution in [2.45, 2.75) is 17.6 Å². The summed E-state index contributed by atoms with van der Waals surface area (Å²) in [6.07, 6.45) is 1.66. The number of aromatic carboxylic acids is 1. The fourth-order valence-corrected chi connectivity index (χ4v) is 2.38. The van der Waals surface area contributed by atoms with Crippen LogP contribution in [-0.2, 0) is 5.75 Å². The molecule has 0 spiro atoms. The number of carboxylic acid groups (broad SMARTS) is 1. The first-order valence-corrected chi connectivity index (χ1v) is 6.14. The predicted octanol–water partition coefficient (Wildman–Crippen LogP) is 3.58. The van der Waals surface area contributed by atoms with Crippen molar-refractivity contribution in [3.8, 4) is 0 Å². The zero-order valence-corrected chi connectivity index (χ0v) is 10.2. The first kappa shape index (κ1) is 11.8. The molecule has 0 saturated heterocycles. The predicted molar refractivity (Wildman–Crippen MR) is 66.4 cm³/mol. The van der Waals surface area contributed by atoms with Gasteiger partial charge in [0.2, 0.25) is 0 Å². The van der Waals surface area contributed by atoms with Crippen molar-refractivity contribution in [3.05, 3.63) is 53.5 Å². The molecule has 0 aliphatic heterocycles. The van der Waals surface area contributed by atoms with Crippen LogP contribution < -0.4 is 0 Å². The van der Waals surface area contributed by atoms with Gasteiger partial charge >= 0.3 is 5.97 Å². The number of rotatable bonds is 4. The van der Waals surface area contributed by atoms with Gasteiger partial charge in [0, 0.05) is 10.6 Å². The smallest absolute Gasteiger partial charge is 0.335 e. The van der Waals surface area contributed by atoms with Crippen molar-refractivity contribution in [1.82, 2.24) is 0 Å². The second kappa shape index (κ2) is 5.10. The maximum atomic E-state index is 10.8. The van der Waals surface area contributed by atoms with E-state index in [0.29, 0.717) is 5.56 Å². The molecule has 3 nitrogen and oxygen atoms in total. The van der Waals surface area contributed by atoms with Crippen LogP contribution in [0, 0.1) is 6.92 Å². The lowest BCUT2D eigenvalue weighted by Gasteiger charge is -2.02. The zero-order valence-electron chi connectivity index (χ0n) is 9.34. The Labute approximate surface area is 103 Å². The van der Waals surface area contributed by atoms with Gasteiger partial charge in [0.25, 0.3) is 0 Å². The molecule has 0 saturated carbocycles. The lowest BCUT2D eigenvalue weighted by Crippen LogP contribution is -1.96. The van der Waals surface area contributed by atoms with Crippen LogP contribution in [0.2, 0.25) is 0 Å². The largest absolute Gasteiger partial charge is 0.478 e. The molecular formula is C13H12O3S. The standard InChI is InChI=1S/C13H12O3S/c1-9-12(5-6-16-9)17-8-10-3-2-4-11(7-10)13(14)15/h2-7H,8H2,1H3,(H,14,15). The summed E-state index contributed by atoms with van der Waals surface area (Å²) in [6, 6.07) is 8.90. The molecule has 0 amide bonds. The molecule has 17 heavy (non-hydrogen) atoms. The molecular weight excluding hydrogens is 236 g/mol. The van der Waals surface area contributed by atoms with E-state index < -0.39 is 5.97 Å². The number of thioether (sulfide) groups is 1. The van der Waals surface area contributed by atoms with E-state index in [0.717, 1.165) is 22.0 Å². The number of carbonyl (C=O) groups is 1. The Bertz CT molecular complexity index is 531. The van der Waals surface area contributed by atoms with Crippen LogP contribution in [0.3, 0.4) is 0 Å². The highest BCUT2D eigenvalue weighted by molar-refractivity contribution is 7.98. The van der Waals surface area contributed by atoms with Crippen molar-refractivity contribution >= 4 is 17.7 Å². The summed E-state index contributed by atoms with van der Waals surface area (Å²) in [7, 11) is 0. The van der Waals surface area contributed by atoms with Crippen LogP contribution >= 0.6 is 11.8 Å². The fourth-order valence-electron chi connectivity index (χ4n) is 1.48. The summed E-state index contributed by atoms with van der Waals surface area (Å²) in [5, 5.41) is 8.88. The number of hydrogen-bond donors (Lipinski definition) is 1. The monoisotopic (exact) mass is 248 g/mol. The highest BCUT2D eigenvalue weighted by atomic mass is 32.2. The number of carboxylic acids is 1. The van der Waals surface area contributed by atoms with E-state index in [9.17, 15) is 4.79 Å². The van der Waals surface area contributed by atoms with Gasteiger partial charge in [-0.2, -0.15) is 0 Å². The average Bonchev–Trinajstić information content (AvgIpc) is 2.72. The van der Waals surface area contributed by atoms with Gasteiger partial charge in [-0.05, 0) is 30.7 Å². The molecule has 2 aromatic rings. The zero-order chi connectivity index (χ0) is 12.3. The van der Waals surface area contributed by atoms with Gasteiger partial charge in [0.1, 0.15) is 5.76 Å². The van der Waals surface area contributed by atoms with E-state index in [1.807, 2.05) is 19.1 Å². The Hall–Kier alpha value is -1.68. The second-order valence-electron chi connectivity index (χ2n) is 3.64. The van der Waals surface area contributed by atoms with Crippen molar-refractivity contribution in [3.63, 3.8) is 0 Å². The van der Waals surface area contributed by atoms with Gasteiger partial charge < -0.3 is 9.52 Å². The maximum absolute atomic E-state index is 10.8. The van der Waals surface area contributed by atoms with Crippen LogP contribution in [0.25, 0.3) is 0 Å². The van der Waals surface area contributed by atoms with Gasteiger partial charge in [-0.1, -0.05) is 12.1 Å². The second-order valence-corrected chi connectivity index (χ2v) is 4.65. The van der Waals surface area contributed by atoms with Crippen molar-refractivity contribution < 1.29 is 14.3 Å². The Morgan fingerprint density at radius 1 is 1.41 bits per heavy atom. The fraction of sp³-hybridized carbons (Fsp3) is 0.154. The Kier molecular flexibility index (Phi) is 3.54. The van der Waals surface area contributed by atoms with E-state index >= 15 is 0 Å². The summed E-state index contributed by atoms with van der Waals surface area (Å²) in [5.41, 5.74) is 1.32. The molecule has 0 fully saturated rings. The summed E-state index contributed by atoms with van der Waals surface area (Å²) in [6.45, 7) is 1.91. The maximum Gasteiger partial charge on any atom is 0.335 e. The number of aryl methyl sites for hydroxylation is 1. The topological polar surface area (TPSA) is 50.4 Å². The minimum Gasteiger partial charge on any atom is -0.478 e. The van der Waals surface area contributed by atoms with Crippen LogP contribution in [0.5, 0.6) is 0 Å². The third kappa shape index (κ3) is 2.91. The number of hydrogen-bond acceptors (Lipinski definition) is 3. The molecule has 4 heteroatoms. The molecule has 0 radical (unpaired) electrons. The van der Waals surface area contributed by atoms with Crippen molar-refractivity contribution in [2.24, 2.45) is 0 Å². The molecule has 1 aromatic carbocycles. The Morgan fingerprint density at radius 3 is 2.88 bits per heavy atom. The molecule has 0 aliphatic carbocycles. The number of furan rings is 1. The Balaban J connectivity index is 2.07. The highest BCUT2D eigenvalue weighted by Gasteiger charge is 2.05. The summed E-state index contributed by atoms with van der Waals surface area (Å²) < 4.78 is 5.20. The molecule has 0 aliphatic rings. The van der Waals surface area contributed by atoms with Crippen LogP contribution in [-0.4, -0.2) is 11.1 Å². The van der Waals surface area contributed by atoms with Crippen LogP contribution in [0.15, 0.2) is 45.9 Å². The summed E-state index contributed by atoms with van der Waals surface area (Å²) >= 11 is 1.64.